The normalized spacial score (nSPS) is 11.7. The molecular formula is C18H16ClF2NO4S. The van der Waals surface area contributed by atoms with E-state index in [1.54, 1.807) is 24.3 Å². The van der Waals surface area contributed by atoms with Gasteiger partial charge in [0.25, 0.3) is 11.7 Å². The third-order valence-electron chi connectivity index (χ3n) is 3.17. The summed E-state index contributed by atoms with van der Waals surface area (Å²) in [6, 6.07) is 12.3. The van der Waals surface area contributed by atoms with E-state index in [1.807, 2.05) is 0 Å². The molecule has 1 N–H and O–H groups in total. The van der Waals surface area contributed by atoms with Crippen LogP contribution in [0, 0.1) is 0 Å². The van der Waals surface area contributed by atoms with Crippen LogP contribution in [0.3, 0.4) is 0 Å². The molecule has 0 aliphatic rings. The number of carbonyl (C=O) groups excluding carboxylic acids is 2. The number of esters is 1. The number of amides is 1. The van der Waals surface area contributed by atoms with Crippen molar-refractivity contribution < 1.29 is 27.8 Å². The van der Waals surface area contributed by atoms with E-state index in [4.69, 9.17) is 21.1 Å². The number of alkyl halides is 2. The minimum Gasteiger partial charge on any atom is -0.479 e. The zero-order valence-corrected chi connectivity index (χ0v) is 15.7. The average Bonchev–Trinajstić information content (AvgIpc) is 2.62. The van der Waals surface area contributed by atoms with Crippen LogP contribution in [0.25, 0.3) is 0 Å². The van der Waals surface area contributed by atoms with Gasteiger partial charge < -0.3 is 14.8 Å². The molecule has 0 bridgehead atoms. The molecule has 9 heteroatoms. The van der Waals surface area contributed by atoms with Crippen molar-refractivity contribution in [2.75, 3.05) is 11.9 Å². The predicted octanol–water partition coefficient (Wildman–Crippen LogP) is 4.60. The highest BCUT2D eigenvalue weighted by Crippen LogP contribution is 2.26. The zero-order valence-electron chi connectivity index (χ0n) is 14.2. The summed E-state index contributed by atoms with van der Waals surface area (Å²) in [6.07, 6.45) is -0.912. The lowest BCUT2D eigenvalue weighted by Crippen LogP contribution is -2.29. The van der Waals surface area contributed by atoms with Crippen LogP contribution in [-0.2, 0) is 14.3 Å². The van der Waals surface area contributed by atoms with E-state index in [9.17, 15) is 18.4 Å². The number of halogens is 3. The second-order valence-corrected chi connectivity index (χ2v) is 6.77. The van der Waals surface area contributed by atoms with Gasteiger partial charge in [-0.2, -0.15) is 8.78 Å². The molecule has 2 aromatic rings. The first kappa shape index (κ1) is 21.0. The first-order valence-electron chi connectivity index (χ1n) is 7.77. The van der Waals surface area contributed by atoms with Gasteiger partial charge in [0.1, 0.15) is 5.75 Å². The lowest BCUT2D eigenvalue weighted by molar-refractivity contribution is -0.153. The molecular weight excluding hydrogens is 400 g/mol. The number of ether oxygens (including phenoxy) is 2. The molecule has 2 rings (SSSR count). The molecule has 2 aromatic carbocycles. The minimum atomic E-state index is -2.51. The molecule has 0 heterocycles. The molecule has 1 amide bonds. The van der Waals surface area contributed by atoms with Crippen molar-refractivity contribution in [2.24, 2.45) is 0 Å². The summed E-state index contributed by atoms with van der Waals surface area (Å²) in [5.41, 5.74) is 0.403. The fourth-order valence-corrected chi connectivity index (χ4v) is 2.56. The monoisotopic (exact) mass is 415 g/mol. The highest BCUT2D eigenvalue weighted by molar-refractivity contribution is 7.99. The number of nitrogens with one attached hydrogen (secondary N) is 1. The maximum atomic E-state index is 12.3. The smallest absolute Gasteiger partial charge is 0.347 e. The fourth-order valence-electron chi connectivity index (χ4n) is 1.94. The van der Waals surface area contributed by atoms with Crippen LogP contribution in [0.2, 0.25) is 5.02 Å². The Labute approximate surface area is 164 Å². The van der Waals surface area contributed by atoms with E-state index in [-0.39, 0.29) is 0 Å². The summed E-state index contributed by atoms with van der Waals surface area (Å²) >= 11 is 6.17. The van der Waals surface area contributed by atoms with Crippen LogP contribution in [0.4, 0.5) is 14.5 Å². The molecule has 0 radical (unpaired) electrons. The van der Waals surface area contributed by atoms with Crippen LogP contribution in [0.15, 0.2) is 53.4 Å². The number of hydrogen-bond acceptors (Lipinski definition) is 5. The van der Waals surface area contributed by atoms with Crippen molar-refractivity contribution in [1.29, 1.82) is 0 Å². The van der Waals surface area contributed by atoms with Gasteiger partial charge in [0.2, 0.25) is 0 Å². The van der Waals surface area contributed by atoms with E-state index >= 15 is 0 Å². The molecule has 144 valence electrons. The number of hydrogen-bond donors (Lipinski definition) is 1. The molecule has 5 nitrogen and oxygen atoms in total. The zero-order chi connectivity index (χ0) is 19.8. The Kier molecular flexibility index (Phi) is 7.87. The van der Waals surface area contributed by atoms with Gasteiger partial charge >= 0.3 is 5.97 Å². The van der Waals surface area contributed by atoms with Crippen LogP contribution in [0.5, 0.6) is 5.75 Å². The molecule has 0 aliphatic heterocycles. The number of thioether (sulfide) groups is 1. The first-order valence-corrected chi connectivity index (χ1v) is 9.03. The fraction of sp³-hybridized carbons (Fsp3) is 0.222. The quantitative estimate of drug-likeness (QED) is 0.504. The average molecular weight is 416 g/mol. The molecule has 0 saturated heterocycles. The molecule has 0 fully saturated rings. The number of rotatable bonds is 8. The molecule has 0 unspecified atom stereocenters. The van der Waals surface area contributed by atoms with Gasteiger partial charge in [0.15, 0.2) is 12.7 Å². The van der Waals surface area contributed by atoms with E-state index in [1.165, 1.54) is 31.2 Å². The second-order valence-electron chi connectivity index (χ2n) is 5.27. The van der Waals surface area contributed by atoms with Gasteiger partial charge in [-0.1, -0.05) is 23.4 Å². The van der Waals surface area contributed by atoms with E-state index in [2.05, 4.69) is 5.32 Å². The summed E-state index contributed by atoms with van der Waals surface area (Å²) in [5, 5.41) is 3.04. The Bertz CT molecular complexity index is 772. The highest BCUT2D eigenvalue weighted by Gasteiger charge is 2.18. The Morgan fingerprint density at radius 3 is 2.33 bits per heavy atom. The standard InChI is InChI=1S/C18H16ClF2NO4S/c1-11(26-14-6-2-12(19)3-7-14)17(24)25-10-16(23)22-13-4-8-15(9-5-13)27-18(20)21/h2-9,11,18H,10H2,1H3,(H,22,23)/t11-/m1/s1. The largest absolute Gasteiger partial charge is 0.479 e. The lowest BCUT2D eigenvalue weighted by atomic mass is 10.3. The van der Waals surface area contributed by atoms with Gasteiger partial charge in [-0.15, -0.1) is 0 Å². The molecule has 27 heavy (non-hydrogen) atoms. The summed E-state index contributed by atoms with van der Waals surface area (Å²) in [4.78, 5) is 24.1. The Morgan fingerprint density at radius 1 is 1.11 bits per heavy atom. The highest BCUT2D eigenvalue weighted by atomic mass is 35.5. The number of carbonyl (C=O) groups is 2. The second kappa shape index (κ2) is 10.1. The van der Waals surface area contributed by atoms with Crippen molar-refractivity contribution in [3.63, 3.8) is 0 Å². The van der Waals surface area contributed by atoms with Gasteiger partial charge in [-0.3, -0.25) is 4.79 Å². The van der Waals surface area contributed by atoms with Crippen molar-refractivity contribution in [3.05, 3.63) is 53.6 Å². The summed E-state index contributed by atoms with van der Waals surface area (Å²) < 4.78 is 34.8. The maximum Gasteiger partial charge on any atom is 0.347 e. The third kappa shape index (κ3) is 7.44. The van der Waals surface area contributed by atoms with Crippen LogP contribution >= 0.6 is 23.4 Å². The molecule has 0 spiro atoms. The summed E-state index contributed by atoms with van der Waals surface area (Å²) in [5.74, 6) is -3.34. The van der Waals surface area contributed by atoms with Gasteiger partial charge in [0.05, 0.1) is 0 Å². The van der Waals surface area contributed by atoms with Crippen molar-refractivity contribution >= 4 is 40.9 Å². The van der Waals surface area contributed by atoms with Gasteiger partial charge in [-0.25, -0.2) is 4.79 Å². The Balaban J connectivity index is 1.76. The van der Waals surface area contributed by atoms with Crippen molar-refractivity contribution in [3.8, 4) is 5.75 Å². The topological polar surface area (TPSA) is 64.6 Å². The van der Waals surface area contributed by atoms with E-state index < -0.39 is 30.3 Å². The molecule has 0 saturated carbocycles. The Hall–Kier alpha value is -2.32. The summed E-state index contributed by atoms with van der Waals surface area (Å²) in [6.45, 7) is 0.995. The molecule has 1 atom stereocenters. The number of benzene rings is 2. The molecule has 0 aromatic heterocycles. The van der Waals surface area contributed by atoms with Crippen LogP contribution in [0.1, 0.15) is 6.92 Å². The maximum absolute atomic E-state index is 12.3. The minimum absolute atomic E-state index is 0.377. The van der Waals surface area contributed by atoms with E-state index in [0.717, 1.165) is 0 Å². The third-order valence-corrected chi connectivity index (χ3v) is 4.14. The Morgan fingerprint density at radius 2 is 1.74 bits per heavy atom. The van der Waals surface area contributed by atoms with Crippen LogP contribution in [-0.4, -0.2) is 30.3 Å². The SMILES string of the molecule is C[C@@H](Oc1ccc(Cl)cc1)C(=O)OCC(=O)Nc1ccc(SC(F)F)cc1. The summed E-state index contributed by atoms with van der Waals surface area (Å²) in [7, 11) is 0. The van der Waals surface area contributed by atoms with E-state index in [0.29, 0.717) is 33.1 Å². The number of anilines is 1. The van der Waals surface area contributed by atoms with Gasteiger partial charge in [0, 0.05) is 15.6 Å². The van der Waals surface area contributed by atoms with Crippen molar-refractivity contribution in [2.45, 2.75) is 23.7 Å². The first-order chi connectivity index (χ1) is 12.8. The lowest BCUT2D eigenvalue weighted by Gasteiger charge is -2.14. The van der Waals surface area contributed by atoms with Crippen molar-refractivity contribution in [1.82, 2.24) is 0 Å². The van der Waals surface area contributed by atoms with Gasteiger partial charge in [-0.05, 0) is 55.5 Å². The van der Waals surface area contributed by atoms with Crippen LogP contribution < -0.4 is 10.1 Å². The molecule has 0 aliphatic carbocycles. The predicted molar refractivity (Wildman–Crippen MR) is 99.4 cm³/mol.